The lowest BCUT2D eigenvalue weighted by Crippen LogP contribution is -2.58. The summed E-state index contributed by atoms with van der Waals surface area (Å²) < 4.78 is 11.6. The number of hydrogen-bond donors (Lipinski definition) is 2. The summed E-state index contributed by atoms with van der Waals surface area (Å²) in [4.78, 5) is 55.1. The third-order valence-corrected chi connectivity index (χ3v) is 7.29. The first-order chi connectivity index (χ1) is 16.9. The molecule has 5 atom stereocenters. The van der Waals surface area contributed by atoms with Crippen LogP contribution in [0.15, 0.2) is 36.4 Å². The predicted molar refractivity (Wildman–Crippen MR) is 131 cm³/mol. The Bertz CT molecular complexity index is 1170. The smallest absolute Gasteiger partial charge is 0.338 e. The third-order valence-electron chi connectivity index (χ3n) is 7.29. The van der Waals surface area contributed by atoms with E-state index in [4.69, 9.17) is 9.47 Å². The number of nitrogens with one attached hydrogen (secondary N) is 2. The fourth-order valence-electron chi connectivity index (χ4n) is 5.77. The third kappa shape index (κ3) is 3.80. The van der Waals surface area contributed by atoms with Crippen molar-refractivity contribution >= 4 is 29.4 Å². The van der Waals surface area contributed by atoms with E-state index in [1.54, 1.807) is 44.2 Å². The molecule has 3 heterocycles. The molecule has 2 N–H and O–H groups in total. The molecule has 1 saturated carbocycles. The van der Waals surface area contributed by atoms with Crippen molar-refractivity contribution in [3.63, 3.8) is 0 Å². The van der Waals surface area contributed by atoms with Gasteiger partial charge in [-0.1, -0.05) is 18.2 Å². The highest BCUT2D eigenvalue weighted by Gasteiger charge is 2.76. The van der Waals surface area contributed by atoms with Gasteiger partial charge < -0.3 is 20.1 Å². The van der Waals surface area contributed by atoms with E-state index in [-0.39, 0.29) is 30.0 Å². The van der Waals surface area contributed by atoms with E-state index in [1.807, 2.05) is 26.8 Å². The van der Waals surface area contributed by atoms with E-state index in [0.29, 0.717) is 5.69 Å². The summed E-state index contributed by atoms with van der Waals surface area (Å²) in [6, 6.07) is 5.51. The van der Waals surface area contributed by atoms with Gasteiger partial charge in [0, 0.05) is 17.3 Å². The molecule has 1 spiro atoms. The van der Waals surface area contributed by atoms with Crippen molar-refractivity contribution in [2.24, 2.45) is 11.8 Å². The molecule has 0 unspecified atom stereocenters. The molecular formula is C27H33N3O6. The Morgan fingerprint density at radius 2 is 1.89 bits per heavy atom. The first-order valence-corrected chi connectivity index (χ1v) is 12.5. The van der Waals surface area contributed by atoms with Crippen LogP contribution in [0.4, 0.5) is 5.69 Å². The van der Waals surface area contributed by atoms with Gasteiger partial charge in [0.1, 0.15) is 11.6 Å². The number of benzene rings is 1. The van der Waals surface area contributed by atoms with Crippen LogP contribution in [0, 0.1) is 11.8 Å². The predicted octanol–water partition coefficient (Wildman–Crippen LogP) is 2.10. The fraction of sp³-hybridized carbons (Fsp3) is 0.556. The van der Waals surface area contributed by atoms with Crippen molar-refractivity contribution in [1.29, 1.82) is 0 Å². The zero-order chi connectivity index (χ0) is 26.0. The van der Waals surface area contributed by atoms with Crippen molar-refractivity contribution in [1.82, 2.24) is 10.6 Å². The SMILES string of the molecule is CCOC(=O)c1cccc(N2C(=O)[C@@H]3[C@@H](C(=O)NC4CC4)[C@@]4(C)C=C[C@@]3(O4)[C@@H]2C(=O)NC(C)(C)C)c1. The molecule has 3 amide bonds. The average Bonchev–Trinajstić information content (AvgIpc) is 3.40. The Morgan fingerprint density at radius 1 is 1.17 bits per heavy atom. The fourth-order valence-corrected chi connectivity index (χ4v) is 5.77. The highest BCUT2D eigenvalue weighted by Crippen LogP contribution is 2.60. The van der Waals surface area contributed by atoms with Crippen molar-refractivity contribution < 1.29 is 28.7 Å². The second-order valence-corrected chi connectivity index (χ2v) is 11.3. The zero-order valence-corrected chi connectivity index (χ0v) is 21.3. The van der Waals surface area contributed by atoms with Gasteiger partial charge in [-0.15, -0.1) is 0 Å². The Kier molecular flexibility index (Phi) is 5.55. The summed E-state index contributed by atoms with van der Waals surface area (Å²) in [5.74, 6) is -3.19. The van der Waals surface area contributed by atoms with E-state index in [0.717, 1.165) is 12.8 Å². The quantitative estimate of drug-likeness (QED) is 0.462. The summed E-state index contributed by atoms with van der Waals surface area (Å²) in [7, 11) is 0. The molecule has 2 bridgehead atoms. The lowest BCUT2D eigenvalue weighted by molar-refractivity contribution is -0.134. The number of carbonyl (C=O) groups is 4. The number of anilines is 1. The molecule has 1 aliphatic carbocycles. The van der Waals surface area contributed by atoms with Crippen molar-refractivity contribution in [3.05, 3.63) is 42.0 Å². The maximum atomic E-state index is 14.2. The molecule has 4 aliphatic rings. The summed E-state index contributed by atoms with van der Waals surface area (Å²) in [6.45, 7) is 9.30. The van der Waals surface area contributed by atoms with Gasteiger partial charge in [0.15, 0.2) is 0 Å². The molecule has 0 radical (unpaired) electrons. The van der Waals surface area contributed by atoms with Gasteiger partial charge in [-0.05, 0) is 65.7 Å². The summed E-state index contributed by atoms with van der Waals surface area (Å²) in [5, 5.41) is 6.01. The van der Waals surface area contributed by atoms with Gasteiger partial charge in [0.05, 0.1) is 29.6 Å². The van der Waals surface area contributed by atoms with Crippen molar-refractivity contribution in [2.45, 2.75) is 76.3 Å². The van der Waals surface area contributed by atoms with Crippen molar-refractivity contribution in [2.75, 3.05) is 11.5 Å². The van der Waals surface area contributed by atoms with Gasteiger partial charge in [-0.3, -0.25) is 19.3 Å². The molecule has 192 valence electrons. The van der Waals surface area contributed by atoms with Crippen LogP contribution in [-0.4, -0.2) is 59.1 Å². The van der Waals surface area contributed by atoms with Gasteiger partial charge in [-0.2, -0.15) is 0 Å². The molecule has 1 aromatic carbocycles. The molecule has 9 heteroatoms. The molecule has 2 saturated heterocycles. The number of hydrogen-bond acceptors (Lipinski definition) is 6. The van der Waals surface area contributed by atoms with Gasteiger partial charge >= 0.3 is 5.97 Å². The normalized spacial score (nSPS) is 32.4. The number of ether oxygens (including phenoxy) is 2. The molecule has 5 rings (SSSR count). The van der Waals surface area contributed by atoms with Crippen LogP contribution in [0.3, 0.4) is 0 Å². The number of nitrogens with zero attached hydrogens (tertiary/aromatic N) is 1. The standard InChI is InChI=1S/C27H33N3O6/c1-6-35-24(34)15-8-7-9-17(14-15)30-20(22(32)29-25(2,3)4)27-13-12-26(5,36-27)18(19(27)23(30)33)21(31)28-16-10-11-16/h7-9,12-14,16,18-20H,6,10-11H2,1-5H3,(H,28,31)(H,29,32)/t18-,19-,20-,26+,27-/m0/s1. The summed E-state index contributed by atoms with van der Waals surface area (Å²) in [6.07, 6.45) is 5.42. The maximum Gasteiger partial charge on any atom is 0.338 e. The minimum absolute atomic E-state index is 0.119. The lowest BCUT2D eigenvalue weighted by atomic mass is 9.70. The maximum absolute atomic E-state index is 14.2. The van der Waals surface area contributed by atoms with Crippen LogP contribution >= 0.6 is 0 Å². The topological polar surface area (TPSA) is 114 Å². The van der Waals surface area contributed by atoms with Gasteiger partial charge in [-0.25, -0.2) is 4.79 Å². The molecule has 0 aromatic heterocycles. The van der Waals surface area contributed by atoms with Gasteiger partial charge in [0.2, 0.25) is 17.7 Å². The number of fused-ring (bicyclic) bond motifs is 1. The number of rotatable bonds is 6. The first-order valence-electron chi connectivity index (χ1n) is 12.5. The molecule has 9 nitrogen and oxygen atoms in total. The summed E-state index contributed by atoms with van der Waals surface area (Å²) in [5.41, 5.74) is -2.25. The zero-order valence-electron chi connectivity index (χ0n) is 21.3. The largest absolute Gasteiger partial charge is 0.462 e. The van der Waals surface area contributed by atoms with Crippen LogP contribution in [0.25, 0.3) is 0 Å². The number of esters is 1. The monoisotopic (exact) mass is 495 g/mol. The van der Waals surface area contributed by atoms with Gasteiger partial charge in [0.25, 0.3) is 0 Å². The van der Waals surface area contributed by atoms with E-state index < -0.39 is 46.5 Å². The Morgan fingerprint density at radius 3 is 2.53 bits per heavy atom. The van der Waals surface area contributed by atoms with Crippen LogP contribution in [0.5, 0.6) is 0 Å². The molecule has 36 heavy (non-hydrogen) atoms. The first kappa shape index (κ1) is 24.5. The van der Waals surface area contributed by atoms with E-state index >= 15 is 0 Å². The van der Waals surface area contributed by atoms with E-state index in [9.17, 15) is 19.2 Å². The van der Waals surface area contributed by atoms with E-state index in [1.165, 1.54) is 4.90 Å². The highest BCUT2D eigenvalue weighted by atomic mass is 16.5. The number of amides is 3. The molecular weight excluding hydrogens is 462 g/mol. The second kappa shape index (κ2) is 8.16. The Labute approximate surface area is 210 Å². The average molecular weight is 496 g/mol. The van der Waals surface area contributed by atoms with Crippen LogP contribution in [0.2, 0.25) is 0 Å². The second-order valence-electron chi connectivity index (χ2n) is 11.3. The molecule has 1 aromatic rings. The lowest BCUT2D eigenvalue weighted by Gasteiger charge is -2.35. The minimum atomic E-state index is -1.31. The molecule has 3 fully saturated rings. The van der Waals surface area contributed by atoms with Crippen LogP contribution in [-0.2, 0) is 23.9 Å². The number of carbonyl (C=O) groups excluding carboxylic acids is 4. The minimum Gasteiger partial charge on any atom is -0.462 e. The van der Waals surface area contributed by atoms with E-state index in [2.05, 4.69) is 10.6 Å². The van der Waals surface area contributed by atoms with Crippen molar-refractivity contribution in [3.8, 4) is 0 Å². The Hall–Kier alpha value is -3.20. The highest BCUT2D eigenvalue weighted by molar-refractivity contribution is 6.11. The molecule has 3 aliphatic heterocycles. The Balaban J connectivity index is 1.60. The summed E-state index contributed by atoms with van der Waals surface area (Å²) >= 11 is 0. The van der Waals surface area contributed by atoms with Crippen LogP contribution < -0.4 is 15.5 Å². The van der Waals surface area contributed by atoms with Crippen LogP contribution in [0.1, 0.15) is 57.8 Å².